The van der Waals surface area contributed by atoms with Gasteiger partial charge >= 0.3 is 0 Å². The highest BCUT2D eigenvalue weighted by atomic mass is 32.2. The van der Waals surface area contributed by atoms with Crippen LogP contribution in [0.1, 0.15) is 17.7 Å². The number of benzene rings is 2. The van der Waals surface area contributed by atoms with Gasteiger partial charge in [0.2, 0.25) is 10.0 Å². The molecule has 9 heteroatoms. The van der Waals surface area contributed by atoms with E-state index < -0.39 is 28.0 Å². The van der Waals surface area contributed by atoms with Crippen molar-refractivity contribution in [1.29, 1.82) is 0 Å². The quantitative estimate of drug-likeness (QED) is 0.736. The summed E-state index contributed by atoms with van der Waals surface area (Å²) < 4.78 is 62.9. The van der Waals surface area contributed by atoms with E-state index in [2.05, 4.69) is 5.10 Å². The van der Waals surface area contributed by atoms with Gasteiger partial charge in [-0.15, -0.1) is 0 Å². The minimum atomic E-state index is -3.67. The summed E-state index contributed by atoms with van der Waals surface area (Å²) in [6, 6.07) is 12.8. The van der Waals surface area contributed by atoms with Crippen molar-refractivity contribution >= 4 is 10.0 Å². The highest BCUT2D eigenvalue weighted by Gasteiger charge is 2.18. The third-order valence-corrected chi connectivity index (χ3v) is 4.38. The number of hydrogen-bond acceptors (Lipinski definition) is 3. The molecule has 1 heterocycles. The van der Waals surface area contributed by atoms with Crippen LogP contribution in [0.2, 0.25) is 0 Å². The zero-order valence-corrected chi connectivity index (χ0v) is 14.1. The van der Waals surface area contributed by atoms with Gasteiger partial charge in [0.25, 0.3) is 6.43 Å². The lowest BCUT2D eigenvalue weighted by molar-refractivity contribution is 0.145. The van der Waals surface area contributed by atoms with Gasteiger partial charge < -0.3 is 0 Å². The molecule has 0 atom stereocenters. The largest absolute Gasteiger partial charge is 0.282 e. The molecule has 0 aliphatic heterocycles. The predicted molar refractivity (Wildman–Crippen MR) is 90.7 cm³/mol. The Hall–Kier alpha value is -2.65. The number of nitrogens with two attached hydrogens (primary N) is 1. The Balaban J connectivity index is 2.04. The zero-order valence-electron chi connectivity index (χ0n) is 13.3. The number of aromatic nitrogens is 2. The van der Waals surface area contributed by atoms with Crippen molar-refractivity contribution in [3.8, 4) is 16.9 Å². The maximum absolute atomic E-state index is 13.1. The summed E-state index contributed by atoms with van der Waals surface area (Å²) in [4.78, 5) is 0. The van der Waals surface area contributed by atoms with Crippen molar-refractivity contribution in [2.24, 2.45) is 5.14 Å². The van der Waals surface area contributed by atoms with Crippen LogP contribution < -0.4 is 5.14 Å². The van der Waals surface area contributed by atoms with Crippen LogP contribution in [0, 0.1) is 5.82 Å². The number of alkyl halides is 2. The second kappa shape index (κ2) is 6.93. The Bertz CT molecular complexity index is 1010. The summed E-state index contributed by atoms with van der Waals surface area (Å²) in [5.74, 6) is -0.781. The molecule has 0 fully saturated rings. The van der Waals surface area contributed by atoms with Crippen LogP contribution in [-0.2, 0) is 15.8 Å². The molecule has 0 radical (unpaired) electrons. The van der Waals surface area contributed by atoms with Gasteiger partial charge in [-0.1, -0.05) is 24.3 Å². The molecule has 2 N–H and O–H groups in total. The smallest absolute Gasteiger partial charge is 0.233 e. The van der Waals surface area contributed by atoms with Crippen molar-refractivity contribution in [2.75, 3.05) is 0 Å². The van der Waals surface area contributed by atoms with Crippen LogP contribution >= 0.6 is 0 Å². The Morgan fingerprint density at radius 1 is 1.04 bits per heavy atom. The summed E-state index contributed by atoms with van der Waals surface area (Å²) in [6.45, 7) is 0. The number of hydrogen-bond donors (Lipinski definition) is 1. The molecule has 0 bridgehead atoms. The van der Waals surface area contributed by atoms with E-state index in [0.717, 1.165) is 0 Å². The van der Waals surface area contributed by atoms with Gasteiger partial charge in [0.15, 0.2) is 0 Å². The van der Waals surface area contributed by atoms with Gasteiger partial charge in [0.05, 0.1) is 17.1 Å². The second-order valence-corrected chi connectivity index (χ2v) is 7.26. The molecule has 0 amide bonds. The van der Waals surface area contributed by atoms with E-state index in [4.69, 9.17) is 5.14 Å². The summed E-state index contributed by atoms with van der Waals surface area (Å²) in [7, 11) is -3.67. The van der Waals surface area contributed by atoms with Gasteiger partial charge in [-0.25, -0.2) is 31.4 Å². The molecule has 0 saturated carbocycles. The molecule has 136 valence electrons. The predicted octanol–water partition coefficient (Wildman–Crippen LogP) is 3.40. The fourth-order valence-corrected chi connectivity index (χ4v) is 3.15. The molecule has 0 saturated heterocycles. The third-order valence-electron chi connectivity index (χ3n) is 3.64. The normalized spacial score (nSPS) is 11.9. The van der Waals surface area contributed by atoms with E-state index in [1.807, 2.05) is 0 Å². The second-order valence-electron chi connectivity index (χ2n) is 5.65. The number of halogens is 3. The molecule has 5 nitrogen and oxygen atoms in total. The molecular formula is C17H14F3N3O2S. The molecule has 26 heavy (non-hydrogen) atoms. The van der Waals surface area contributed by atoms with Gasteiger partial charge in [-0.05, 0) is 35.9 Å². The summed E-state index contributed by atoms with van der Waals surface area (Å²) in [6.07, 6.45) is -2.77. The first-order chi connectivity index (χ1) is 12.2. The van der Waals surface area contributed by atoms with Gasteiger partial charge in [0, 0.05) is 5.56 Å². The third kappa shape index (κ3) is 4.12. The minimum absolute atomic E-state index is 0.327. The van der Waals surface area contributed by atoms with Crippen molar-refractivity contribution in [2.45, 2.75) is 12.2 Å². The van der Waals surface area contributed by atoms with Crippen LogP contribution in [-0.4, -0.2) is 18.2 Å². The Labute approximate surface area is 147 Å². The molecule has 0 unspecified atom stereocenters. The molecule has 0 aliphatic rings. The Morgan fingerprint density at radius 2 is 1.65 bits per heavy atom. The van der Waals surface area contributed by atoms with Gasteiger partial charge in [-0.3, -0.25) is 0 Å². The Morgan fingerprint density at radius 3 is 2.19 bits per heavy atom. The average molecular weight is 381 g/mol. The molecule has 2 aromatic carbocycles. The van der Waals surface area contributed by atoms with Crippen LogP contribution in [0.5, 0.6) is 0 Å². The maximum Gasteiger partial charge on any atom is 0.282 e. The number of rotatable bonds is 5. The molecule has 0 aliphatic carbocycles. The summed E-state index contributed by atoms with van der Waals surface area (Å²) in [5, 5.41) is 8.91. The fraction of sp³-hybridized carbons (Fsp3) is 0.118. The van der Waals surface area contributed by atoms with Crippen molar-refractivity contribution in [1.82, 2.24) is 9.78 Å². The molecular weight excluding hydrogens is 367 g/mol. The van der Waals surface area contributed by atoms with Crippen molar-refractivity contribution < 1.29 is 21.6 Å². The highest BCUT2D eigenvalue weighted by Crippen LogP contribution is 2.28. The molecule has 1 aromatic heterocycles. The van der Waals surface area contributed by atoms with E-state index >= 15 is 0 Å². The monoisotopic (exact) mass is 381 g/mol. The number of primary sulfonamides is 1. The lowest BCUT2D eigenvalue weighted by Crippen LogP contribution is -2.14. The maximum atomic E-state index is 13.1. The highest BCUT2D eigenvalue weighted by molar-refractivity contribution is 7.88. The SMILES string of the molecule is NS(=O)(=O)Cc1ccc(-c2cc(C(F)F)nn2-c2ccc(F)cc2)cc1. The lowest BCUT2D eigenvalue weighted by atomic mass is 10.1. The molecule has 3 aromatic rings. The van der Waals surface area contributed by atoms with Gasteiger partial charge in [-0.2, -0.15) is 5.10 Å². The van der Waals surface area contributed by atoms with Crippen molar-refractivity contribution in [3.63, 3.8) is 0 Å². The average Bonchev–Trinajstić information content (AvgIpc) is 3.00. The zero-order chi connectivity index (χ0) is 18.9. The van der Waals surface area contributed by atoms with E-state index in [0.29, 0.717) is 22.5 Å². The summed E-state index contributed by atoms with van der Waals surface area (Å²) in [5.41, 5.74) is 1.39. The van der Waals surface area contributed by atoms with Gasteiger partial charge in [0.1, 0.15) is 11.5 Å². The fourth-order valence-electron chi connectivity index (χ4n) is 2.49. The van der Waals surface area contributed by atoms with E-state index in [-0.39, 0.29) is 5.75 Å². The minimum Gasteiger partial charge on any atom is -0.233 e. The van der Waals surface area contributed by atoms with Crippen LogP contribution in [0.15, 0.2) is 54.6 Å². The Kier molecular flexibility index (Phi) is 4.84. The van der Waals surface area contributed by atoms with E-state index in [1.165, 1.54) is 35.0 Å². The first kappa shape index (κ1) is 18.2. The van der Waals surface area contributed by atoms with Crippen LogP contribution in [0.25, 0.3) is 16.9 Å². The lowest BCUT2D eigenvalue weighted by Gasteiger charge is -2.08. The van der Waals surface area contributed by atoms with Crippen LogP contribution in [0.4, 0.5) is 13.2 Å². The standard InChI is InChI=1S/C17H14F3N3O2S/c18-13-5-7-14(8-6-13)23-16(9-15(22-23)17(19)20)12-3-1-11(2-4-12)10-26(21,24)25/h1-9,17H,10H2,(H2,21,24,25). The van der Waals surface area contributed by atoms with Crippen LogP contribution in [0.3, 0.4) is 0 Å². The van der Waals surface area contributed by atoms with E-state index in [9.17, 15) is 21.6 Å². The molecule has 3 rings (SSSR count). The first-order valence-corrected chi connectivity index (χ1v) is 9.18. The molecule has 0 spiro atoms. The topological polar surface area (TPSA) is 78.0 Å². The summed E-state index contributed by atoms with van der Waals surface area (Å²) >= 11 is 0. The first-order valence-electron chi connectivity index (χ1n) is 7.47. The van der Waals surface area contributed by atoms with Crippen molar-refractivity contribution in [3.05, 3.63) is 71.7 Å². The van der Waals surface area contributed by atoms with E-state index in [1.54, 1.807) is 24.3 Å². The number of sulfonamides is 1. The number of nitrogens with zero attached hydrogens (tertiary/aromatic N) is 2.